The van der Waals surface area contributed by atoms with Crippen LogP contribution in [-0.2, 0) is 9.53 Å². The summed E-state index contributed by atoms with van der Waals surface area (Å²) in [5.74, 6) is -0.0343. The van der Waals surface area contributed by atoms with Crippen molar-refractivity contribution in [3.8, 4) is 0 Å². The number of hydrogen-bond acceptors (Lipinski definition) is 2. The topological polar surface area (TPSA) is 26.3 Å². The Bertz CT molecular complexity index is 190. The Hall–Kier alpha value is -0.100. The molecule has 2 nitrogen and oxygen atoms in total. The maximum atomic E-state index is 10.9. The van der Waals surface area contributed by atoms with Gasteiger partial charge in [0.15, 0.2) is 0 Å². The third-order valence-corrected chi connectivity index (χ3v) is 4.53. The van der Waals surface area contributed by atoms with Crippen LogP contribution in [0.4, 0.5) is 0 Å². The summed E-state index contributed by atoms with van der Waals surface area (Å²) in [6, 6.07) is 0. The second kappa shape index (κ2) is 22.2. The SMILES string of the molecule is CCCCCCC(=O)OCCC.CCCCPCCCC. The highest BCUT2D eigenvalue weighted by Crippen LogP contribution is 2.14. The zero-order valence-corrected chi connectivity index (χ0v) is 16.0. The Morgan fingerprint density at radius 3 is 1.81 bits per heavy atom. The molecule has 0 unspecified atom stereocenters. The summed E-state index contributed by atoms with van der Waals surface area (Å²) < 4.78 is 4.93. The Balaban J connectivity index is 0. The van der Waals surface area contributed by atoms with Gasteiger partial charge in [-0.1, -0.05) is 59.8 Å². The molecule has 0 aromatic carbocycles. The average molecular weight is 318 g/mol. The molecule has 0 radical (unpaired) electrons. The summed E-state index contributed by atoms with van der Waals surface area (Å²) in [5.41, 5.74) is 0. The number of unbranched alkanes of at least 4 members (excludes halogenated alkanes) is 5. The molecule has 0 spiro atoms. The van der Waals surface area contributed by atoms with Gasteiger partial charge in [0.05, 0.1) is 6.61 Å². The lowest BCUT2D eigenvalue weighted by atomic mass is 10.2. The van der Waals surface area contributed by atoms with Crippen LogP contribution in [-0.4, -0.2) is 24.9 Å². The minimum atomic E-state index is -0.0343. The van der Waals surface area contributed by atoms with Gasteiger partial charge in [-0.25, -0.2) is 0 Å². The number of carbonyl (C=O) groups excluding carboxylic acids is 1. The summed E-state index contributed by atoms with van der Waals surface area (Å²) >= 11 is 0. The van der Waals surface area contributed by atoms with E-state index < -0.39 is 0 Å². The first-order valence-corrected chi connectivity index (χ1v) is 10.5. The van der Waals surface area contributed by atoms with Crippen molar-refractivity contribution >= 4 is 14.6 Å². The van der Waals surface area contributed by atoms with Gasteiger partial charge in [0.1, 0.15) is 0 Å². The molecule has 0 aliphatic rings. The van der Waals surface area contributed by atoms with Crippen molar-refractivity contribution in [2.45, 2.75) is 91.9 Å². The first-order valence-electron chi connectivity index (χ1n) is 9.09. The molecule has 0 aromatic heterocycles. The van der Waals surface area contributed by atoms with Gasteiger partial charge in [0.25, 0.3) is 0 Å². The second-order valence-electron chi connectivity index (χ2n) is 5.49. The maximum Gasteiger partial charge on any atom is 0.305 e. The van der Waals surface area contributed by atoms with E-state index in [1.165, 1.54) is 59.4 Å². The van der Waals surface area contributed by atoms with Gasteiger partial charge in [-0.3, -0.25) is 4.79 Å². The van der Waals surface area contributed by atoms with Crippen molar-refractivity contribution in [3.63, 3.8) is 0 Å². The van der Waals surface area contributed by atoms with Crippen molar-refractivity contribution in [3.05, 3.63) is 0 Å². The quantitative estimate of drug-likeness (QED) is 0.230. The Kier molecular flexibility index (Phi) is 24.5. The van der Waals surface area contributed by atoms with Crippen LogP contribution in [0, 0.1) is 0 Å². The standard InChI is InChI=1S/C10H20O2.C8H19P/c1-3-5-6-7-8-10(11)12-9-4-2;1-3-5-7-9-8-6-4-2/h3-9H2,1-2H3;9H,3-8H2,1-2H3. The summed E-state index contributed by atoms with van der Waals surface area (Å²) in [6.45, 7) is 9.28. The van der Waals surface area contributed by atoms with Crippen molar-refractivity contribution in [2.24, 2.45) is 0 Å². The lowest BCUT2D eigenvalue weighted by Gasteiger charge is -2.01. The Morgan fingerprint density at radius 2 is 1.33 bits per heavy atom. The van der Waals surface area contributed by atoms with Gasteiger partial charge in [0, 0.05) is 6.42 Å². The fraction of sp³-hybridized carbons (Fsp3) is 0.944. The number of esters is 1. The first-order chi connectivity index (χ1) is 10.2. The smallest absolute Gasteiger partial charge is 0.305 e. The highest BCUT2D eigenvalue weighted by molar-refractivity contribution is 7.37. The van der Waals surface area contributed by atoms with Crippen LogP contribution in [0.15, 0.2) is 0 Å². The van der Waals surface area contributed by atoms with Crippen molar-refractivity contribution in [1.82, 2.24) is 0 Å². The van der Waals surface area contributed by atoms with Crippen LogP contribution in [0.5, 0.6) is 0 Å². The van der Waals surface area contributed by atoms with Crippen LogP contribution < -0.4 is 0 Å². The van der Waals surface area contributed by atoms with Gasteiger partial charge < -0.3 is 4.74 Å². The fourth-order valence-corrected chi connectivity index (χ4v) is 3.17. The van der Waals surface area contributed by atoms with E-state index in [2.05, 4.69) is 20.8 Å². The van der Waals surface area contributed by atoms with E-state index in [0.717, 1.165) is 19.3 Å². The lowest BCUT2D eigenvalue weighted by molar-refractivity contribution is -0.143. The third-order valence-electron chi connectivity index (χ3n) is 3.12. The van der Waals surface area contributed by atoms with Crippen molar-refractivity contribution in [2.75, 3.05) is 18.9 Å². The number of hydrogen-bond donors (Lipinski definition) is 0. The number of carbonyl (C=O) groups is 1. The predicted octanol–water partition coefficient (Wildman–Crippen LogP) is 6.18. The van der Waals surface area contributed by atoms with Crippen LogP contribution in [0.3, 0.4) is 0 Å². The molecule has 0 fully saturated rings. The largest absolute Gasteiger partial charge is 0.466 e. The van der Waals surface area contributed by atoms with Crippen LogP contribution >= 0.6 is 8.58 Å². The molecule has 0 N–H and O–H groups in total. The van der Waals surface area contributed by atoms with Crippen molar-refractivity contribution in [1.29, 1.82) is 0 Å². The van der Waals surface area contributed by atoms with E-state index in [0.29, 0.717) is 13.0 Å². The maximum absolute atomic E-state index is 10.9. The second-order valence-corrected chi connectivity index (χ2v) is 6.99. The van der Waals surface area contributed by atoms with E-state index in [9.17, 15) is 4.79 Å². The molecule has 0 aliphatic heterocycles. The van der Waals surface area contributed by atoms with Crippen molar-refractivity contribution < 1.29 is 9.53 Å². The minimum Gasteiger partial charge on any atom is -0.466 e. The molecular weight excluding hydrogens is 279 g/mol. The molecule has 0 heterocycles. The van der Waals surface area contributed by atoms with E-state index >= 15 is 0 Å². The first kappa shape index (κ1) is 23.2. The van der Waals surface area contributed by atoms with Crippen LogP contribution in [0.25, 0.3) is 0 Å². The monoisotopic (exact) mass is 318 g/mol. The van der Waals surface area contributed by atoms with Gasteiger partial charge in [0.2, 0.25) is 0 Å². The lowest BCUT2D eigenvalue weighted by Crippen LogP contribution is -2.04. The zero-order valence-electron chi connectivity index (χ0n) is 15.0. The van der Waals surface area contributed by atoms with Gasteiger partial charge >= 0.3 is 5.97 Å². The van der Waals surface area contributed by atoms with E-state index in [4.69, 9.17) is 4.74 Å². The molecule has 0 atom stereocenters. The average Bonchev–Trinajstić information content (AvgIpc) is 2.50. The normalized spacial score (nSPS) is 9.90. The van der Waals surface area contributed by atoms with E-state index in [-0.39, 0.29) is 5.97 Å². The predicted molar refractivity (Wildman–Crippen MR) is 97.9 cm³/mol. The molecule has 0 saturated heterocycles. The summed E-state index contributed by atoms with van der Waals surface area (Å²) in [5, 5.41) is 0. The molecular formula is C18H39O2P. The van der Waals surface area contributed by atoms with E-state index in [1.54, 1.807) is 0 Å². The molecule has 0 aliphatic carbocycles. The molecule has 0 saturated carbocycles. The van der Waals surface area contributed by atoms with Gasteiger partial charge in [-0.15, -0.1) is 8.58 Å². The summed E-state index contributed by atoms with van der Waals surface area (Å²) in [6.07, 6.45) is 14.7. The van der Waals surface area contributed by atoms with Gasteiger partial charge in [-0.05, 0) is 38.0 Å². The fourth-order valence-electron chi connectivity index (χ4n) is 1.71. The molecule has 0 rings (SSSR count). The summed E-state index contributed by atoms with van der Waals surface area (Å²) in [4.78, 5) is 10.9. The number of rotatable bonds is 13. The van der Waals surface area contributed by atoms with Crippen LogP contribution in [0.1, 0.15) is 91.9 Å². The third kappa shape index (κ3) is 25.2. The van der Waals surface area contributed by atoms with Gasteiger partial charge in [-0.2, -0.15) is 0 Å². The zero-order chi connectivity index (χ0) is 16.2. The molecule has 21 heavy (non-hydrogen) atoms. The highest BCUT2D eigenvalue weighted by atomic mass is 31.1. The molecule has 0 amide bonds. The molecule has 0 aromatic rings. The highest BCUT2D eigenvalue weighted by Gasteiger charge is 2.00. The summed E-state index contributed by atoms with van der Waals surface area (Å²) in [7, 11) is 1.25. The van der Waals surface area contributed by atoms with Crippen LogP contribution in [0.2, 0.25) is 0 Å². The molecule has 128 valence electrons. The van der Waals surface area contributed by atoms with E-state index in [1.807, 2.05) is 6.92 Å². The Labute approximate surface area is 135 Å². The minimum absolute atomic E-state index is 0.0343. The number of ether oxygens (including phenoxy) is 1. The molecule has 3 heteroatoms. The molecule has 0 bridgehead atoms. The Morgan fingerprint density at radius 1 is 0.762 bits per heavy atom.